The first-order valence-electron chi connectivity index (χ1n) is 10.1. The van der Waals surface area contributed by atoms with E-state index in [1.807, 2.05) is 4.90 Å². The van der Waals surface area contributed by atoms with Crippen molar-refractivity contribution in [2.45, 2.75) is 99.5 Å². The van der Waals surface area contributed by atoms with Crippen LogP contribution in [0.1, 0.15) is 93.9 Å². The molecule has 0 N–H and O–H groups in total. The Morgan fingerprint density at radius 2 is 1.46 bits per heavy atom. The minimum Gasteiger partial charge on any atom is -0.443 e. The second-order valence-corrected chi connectivity index (χ2v) is 8.58. The van der Waals surface area contributed by atoms with Crippen LogP contribution < -0.4 is 0 Å². The number of hydrogen-bond acceptors (Lipinski definition) is 2. The molecule has 0 aromatic carbocycles. The topological polar surface area (TPSA) is 29.5 Å². The molecule has 24 heavy (non-hydrogen) atoms. The molecular weight excluding hydrogens is 298 g/mol. The molecule has 0 spiro atoms. The van der Waals surface area contributed by atoms with Gasteiger partial charge in [0.1, 0.15) is 5.60 Å². The number of amides is 1. The fourth-order valence-corrected chi connectivity index (χ4v) is 4.49. The van der Waals surface area contributed by atoms with E-state index in [0.717, 1.165) is 57.5 Å². The molecule has 0 aromatic heterocycles. The van der Waals surface area contributed by atoms with Crippen LogP contribution in [0.2, 0.25) is 0 Å². The van der Waals surface area contributed by atoms with Gasteiger partial charge in [0.05, 0.1) is 0 Å². The van der Waals surface area contributed by atoms with Crippen LogP contribution in [0, 0.1) is 16.7 Å². The Morgan fingerprint density at radius 3 is 1.83 bits per heavy atom. The summed E-state index contributed by atoms with van der Waals surface area (Å²) in [5.74, 6) is 0.719. The first-order valence-corrected chi connectivity index (χ1v) is 10.1. The third-order valence-corrected chi connectivity index (χ3v) is 7.80. The number of nitrogens with zero attached hydrogens (tertiary/aromatic N) is 1. The molecule has 1 rings (SSSR count). The first-order chi connectivity index (χ1) is 11.1. The number of hydrogen-bond donors (Lipinski definition) is 0. The molecule has 1 saturated heterocycles. The summed E-state index contributed by atoms with van der Waals surface area (Å²) in [7, 11) is 0. The monoisotopic (exact) mass is 339 g/mol. The minimum atomic E-state index is -0.442. The van der Waals surface area contributed by atoms with E-state index in [-0.39, 0.29) is 16.9 Å². The predicted octanol–water partition coefficient (Wildman–Crippen LogP) is 6.27. The molecule has 1 amide bonds. The summed E-state index contributed by atoms with van der Waals surface area (Å²) in [6.45, 7) is 19.7. The number of carbonyl (C=O) groups is 1. The molecule has 1 aliphatic rings. The average Bonchev–Trinajstić information content (AvgIpc) is 2.60. The number of ether oxygens (including phenoxy) is 1. The van der Waals surface area contributed by atoms with Gasteiger partial charge in [-0.25, -0.2) is 4.79 Å². The minimum absolute atomic E-state index is 0.0447. The number of rotatable bonds is 7. The SMILES string of the molecule is CCC(C)(CC)C(C)(CC)C(C)(CC)OC(=O)N1CCC(C)CC1. The van der Waals surface area contributed by atoms with Gasteiger partial charge in [-0.1, -0.05) is 61.3 Å². The third kappa shape index (κ3) is 3.75. The molecule has 3 nitrogen and oxygen atoms in total. The van der Waals surface area contributed by atoms with Gasteiger partial charge in [-0.15, -0.1) is 0 Å². The smallest absolute Gasteiger partial charge is 0.410 e. The number of piperidine rings is 1. The molecule has 0 bridgehead atoms. The van der Waals surface area contributed by atoms with Gasteiger partial charge in [0, 0.05) is 18.5 Å². The quantitative estimate of drug-likeness (QED) is 0.547. The van der Waals surface area contributed by atoms with Crippen molar-refractivity contribution in [1.29, 1.82) is 0 Å². The van der Waals surface area contributed by atoms with Crippen LogP contribution in [0.25, 0.3) is 0 Å². The van der Waals surface area contributed by atoms with Crippen molar-refractivity contribution in [3.8, 4) is 0 Å². The molecular formula is C21H41NO2. The van der Waals surface area contributed by atoms with E-state index in [1.165, 1.54) is 0 Å². The Bertz CT molecular complexity index is 410. The Balaban J connectivity index is 3.03. The maximum Gasteiger partial charge on any atom is 0.410 e. The van der Waals surface area contributed by atoms with Crippen molar-refractivity contribution in [3.63, 3.8) is 0 Å². The van der Waals surface area contributed by atoms with Crippen LogP contribution in [0.5, 0.6) is 0 Å². The van der Waals surface area contributed by atoms with Crippen molar-refractivity contribution in [2.75, 3.05) is 13.1 Å². The highest BCUT2D eigenvalue weighted by atomic mass is 16.6. The van der Waals surface area contributed by atoms with Gasteiger partial charge in [-0.3, -0.25) is 0 Å². The molecule has 0 saturated carbocycles. The summed E-state index contributed by atoms with van der Waals surface area (Å²) in [5.41, 5.74) is -0.330. The predicted molar refractivity (Wildman–Crippen MR) is 102 cm³/mol. The standard InChI is InChI=1S/C21H41NO2/c1-9-19(6,10-2)20(7,11-3)21(8,12-4)24-18(23)22-15-13-17(5)14-16-22/h17H,9-16H2,1-8H3. The Hall–Kier alpha value is -0.730. The molecule has 2 atom stereocenters. The lowest BCUT2D eigenvalue weighted by atomic mass is 9.53. The highest BCUT2D eigenvalue weighted by molar-refractivity contribution is 5.68. The van der Waals surface area contributed by atoms with Crippen molar-refractivity contribution in [3.05, 3.63) is 0 Å². The van der Waals surface area contributed by atoms with Gasteiger partial charge in [-0.2, -0.15) is 0 Å². The number of likely N-dealkylation sites (tertiary alicyclic amines) is 1. The summed E-state index contributed by atoms with van der Waals surface area (Å²) in [6, 6.07) is 0. The summed E-state index contributed by atoms with van der Waals surface area (Å²) in [5, 5.41) is 0. The molecule has 1 fully saturated rings. The summed E-state index contributed by atoms with van der Waals surface area (Å²) in [6.07, 6.45) is 6.13. The van der Waals surface area contributed by atoms with E-state index in [9.17, 15) is 4.79 Å². The average molecular weight is 340 g/mol. The molecule has 3 heteroatoms. The van der Waals surface area contributed by atoms with Crippen LogP contribution in [-0.2, 0) is 4.74 Å². The molecule has 1 aliphatic heterocycles. The van der Waals surface area contributed by atoms with Gasteiger partial charge < -0.3 is 9.64 Å². The molecule has 0 aliphatic carbocycles. The Labute approximate surface area is 150 Å². The summed E-state index contributed by atoms with van der Waals surface area (Å²) < 4.78 is 6.25. The summed E-state index contributed by atoms with van der Waals surface area (Å²) in [4.78, 5) is 14.8. The first kappa shape index (κ1) is 21.3. The molecule has 1 heterocycles. The highest BCUT2D eigenvalue weighted by Crippen LogP contribution is 2.56. The lowest BCUT2D eigenvalue weighted by molar-refractivity contribution is -0.146. The molecule has 142 valence electrons. The normalized spacial score (nSPS) is 21.9. The second-order valence-electron chi connectivity index (χ2n) is 8.58. The third-order valence-electron chi connectivity index (χ3n) is 7.80. The van der Waals surface area contributed by atoms with Gasteiger partial charge in [0.25, 0.3) is 0 Å². The lowest BCUT2D eigenvalue weighted by Gasteiger charge is -2.55. The van der Waals surface area contributed by atoms with Crippen LogP contribution in [-0.4, -0.2) is 29.7 Å². The largest absolute Gasteiger partial charge is 0.443 e. The van der Waals surface area contributed by atoms with E-state index < -0.39 is 5.60 Å². The van der Waals surface area contributed by atoms with E-state index in [0.29, 0.717) is 0 Å². The zero-order chi connectivity index (χ0) is 18.6. The molecule has 2 unspecified atom stereocenters. The molecule has 0 radical (unpaired) electrons. The van der Waals surface area contributed by atoms with Crippen molar-refractivity contribution < 1.29 is 9.53 Å². The summed E-state index contributed by atoms with van der Waals surface area (Å²) >= 11 is 0. The van der Waals surface area contributed by atoms with Gasteiger partial charge >= 0.3 is 6.09 Å². The maximum absolute atomic E-state index is 12.8. The van der Waals surface area contributed by atoms with Gasteiger partial charge in [-0.05, 0) is 43.9 Å². The fourth-order valence-electron chi connectivity index (χ4n) is 4.49. The maximum atomic E-state index is 12.8. The Kier molecular flexibility index (Phi) is 7.19. The fraction of sp³-hybridized carbons (Fsp3) is 0.952. The molecule has 0 aromatic rings. The highest BCUT2D eigenvalue weighted by Gasteiger charge is 2.55. The second kappa shape index (κ2) is 8.10. The Morgan fingerprint density at radius 1 is 0.958 bits per heavy atom. The van der Waals surface area contributed by atoms with Crippen molar-refractivity contribution >= 4 is 6.09 Å². The van der Waals surface area contributed by atoms with Crippen molar-refractivity contribution in [2.24, 2.45) is 16.7 Å². The van der Waals surface area contributed by atoms with Crippen LogP contribution in [0.3, 0.4) is 0 Å². The van der Waals surface area contributed by atoms with Gasteiger partial charge in [0.2, 0.25) is 0 Å². The van der Waals surface area contributed by atoms with E-state index in [1.54, 1.807) is 0 Å². The van der Waals surface area contributed by atoms with Crippen LogP contribution in [0.4, 0.5) is 4.79 Å². The van der Waals surface area contributed by atoms with Crippen LogP contribution in [0.15, 0.2) is 0 Å². The van der Waals surface area contributed by atoms with Crippen molar-refractivity contribution in [1.82, 2.24) is 4.90 Å². The van der Waals surface area contributed by atoms with Gasteiger partial charge in [0.15, 0.2) is 0 Å². The van der Waals surface area contributed by atoms with Crippen LogP contribution >= 0.6 is 0 Å². The van der Waals surface area contributed by atoms with E-state index >= 15 is 0 Å². The van der Waals surface area contributed by atoms with E-state index in [4.69, 9.17) is 4.74 Å². The zero-order valence-corrected chi connectivity index (χ0v) is 17.5. The zero-order valence-electron chi connectivity index (χ0n) is 17.5. The lowest BCUT2D eigenvalue weighted by Crippen LogP contribution is -2.56. The van der Waals surface area contributed by atoms with E-state index in [2.05, 4.69) is 55.4 Å². The number of carbonyl (C=O) groups excluding carboxylic acids is 1.